The number of oxazole rings is 1. The van der Waals surface area contributed by atoms with Crippen LogP contribution in [0.3, 0.4) is 0 Å². The Bertz CT molecular complexity index is 1990. The number of amides is 1. The lowest BCUT2D eigenvalue weighted by atomic mass is 10.0. The van der Waals surface area contributed by atoms with E-state index in [2.05, 4.69) is 11.6 Å². The van der Waals surface area contributed by atoms with E-state index in [0.717, 1.165) is 35.8 Å². The highest BCUT2D eigenvalue weighted by atomic mass is 35.5. The van der Waals surface area contributed by atoms with Gasteiger partial charge in [-0.15, -0.1) is 0 Å². The van der Waals surface area contributed by atoms with E-state index in [4.69, 9.17) is 20.8 Å². The van der Waals surface area contributed by atoms with Crippen molar-refractivity contribution in [2.75, 3.05) is 22.8 Å². The summed E-state index contributed by atoms with van der Waals surface area (Å²) >= 11 is 6.22. The van der Waals surface area contributed by atoms with E-state index in [1.54, 1.807) is 30.3 Å². The second-order valence-corrected chi connectivity index (χ2v) is 16.1. The molecule has 0 saturated heterocycles. The molecule has 0 spiro atoms. The van der Waals surface area contributed by atoms with Crippen LogP contribution in [-0.2, 0) is 16.4 Å². The van der Waals surface area contributed by atoms with Gasteiger partial charge in [-0.05, 0) is 54.8 Å². The fraction of sp³-hybridized carbons (Fsp3) is 0.476. The monoisotopic (exact) mass is 779 g/mol. The molecule has 3 aromatic carbocycles. The number of hydrogen-bond acceptors (Lipinski definition) is 7. The van der Waals surface area contributed by atoms with Crippen molar-refractivity contribution in [3.63, 3.8) is 0 Å². The lowest BCUT2D eigenvalue weighted by Crippen LogP contribution is -2.28. The zero-order valence-electron chi connectivity index (χ0n) is 31.4. The first-order valence-electron chi connectivity index (χ1n) is 19.6. The number of hydrogen-bond donors (Lipinski definition) is 2. The lowest BCUT2D eigenvalue weighted by molar-refractivity contribution is 0.0957. The van der Waals surface area contributed by atoms with Crippen molar-refractivity contribution in [1.29, 1.82) is 0 Å². The number of para-hydroxylation sites is 2. The second kappa shape index (κ2) is 20.5. The van der Waals surface area contributed by atoms with E-state index >= 15 is 0 Å². The predicted molar refractivity (Wildman–Crippen MR) is 215 cm³/mol. The van der Waals surface area contributed by atoms with Crippen molar-refractivity contribution < 1.29 is 27.5 Å². The summed E-state index contributed by atoms with van der Waals surface area (Å²) < 4.78 is 41.7. The van der Waals surface area contributed by atoms with Gasteiger partial charge >= 0.3 is 5.76 Å². The lowest BCUT2D eigenvalue weighted by Gasteiger charge is -2.16. The van der Waals surface area contributed by atoms with Crippen LogP contribution in [0, 0.1) is 0 Å². The molecule has 0 unspecified atom stereocenters. The number of halogens is 1. The highest BCUT2D eigenvalue weighted by Gasteiger charge is 2.33. The van der Waals surface area contributed by atoms with Crippen molar-refractivity contribution in [2.24, 2.45) is 0 Å². The third kappa shape index (κ3) is 10.9. The number of ether oxygens (including phenoxy) is 1. The Hall–Kier alpha value is -4.22. The van der Waals surface area contributed by atoms with Gasteiger partial charge < -0.3 is 19.2 Å². The molecule has 54 heavy (non-hydrogen) atoms. The third-order valence-electron chi connectivity index (χ3n) is 9.97. The topological polar surface area (TPSA) is 131 Å². The molecule has 292 valence electrons. The molecule has 1 aromatic heterocycles. The highest BCUT2D eigenvalue weighted by molar-refractivity contribution is 7.92. The van der Waals surface area contributed by atoms with E-state index in [-0.39, 0.29) is 27.0 Å². The molecular formula is C42H54ClN3O7S. The average molecular weight is 780 g/mol. The minimum absolute atomic E-state index is 0.0827. The SMILES string of the molecule is CCCCCCCCCCCCCCCCCCOc1ccc(S(=O)(=O)Nc2ccccc2Cl)cc1-n1c(O)c(C(=O)N2CCc3ccccc32)oc1=O. The predicted octanol–water partition coefficient (Wildman–Crippen LogP) is 10.4. The Balaban J connectivity index is 1.21. The number of nitrogens with one attached hydrogen (secondary N) is 1. The van der Waals surface area contributed by atoms with E-state index in [0.29, 0.717) is 25.3 Å². The minimum atomic E-state index is -4.21. The van der Waals surface area contributed by atoms with Gasteiger partial charge in [0.2, 0.25) is 0 Å². The maximum Gasteiger partial charge on any atom is 0.427 e. The van der Waals surface area contributed by atoms with Crippen LogP contribution in [-0.4, -0.2) is 37.2 Å². The number of rotatable bonds is 23. The summed E-state index contributed by atoms with van der Waals surface area (Å²) in [6.45, 7) is 2.91. The molecule has 0 fully saturated rings. The van der Waals surface area contributed by atoms with Gasteiger partial charge in [-0.1, -0.05) is 145 Å². The highest BCUT2D eigenvalue weighted by Crippen LogP contribution is 2.34. The fourth-order valence-corrected chi connectivity index (χ4v) is 8.27. The molecule has 0 saturated carbocycles. The van der Waals surface area contributed by atoms with E-state index < -0.39 is 33.3 Å². The second-order valence-electron chi connectivity index (χ2n) is 14.1. The summed E-state index contributed by atoms with van der Waals surface area (Å²) in [7, 11) is -4.21. The molecule has 10 nitrogen and oxygen atoms in total. The minimum Gasteiger partial charge on any atom is -0.491 e. The molecule has 0 atom stereocenters. The van der Waals surface area contributed by atoms with E-state index in [1.165, 1.54) is 106 Å². The first-order chi connectivity index (χ1) is 26.2. The number of carbonyl (C=O) groups excluding carboxylic acids is 1. The van der Waals surface area contributed by atoms with Gasteiger partial charge in [0.05, 0.1) is 27.9 Å². The smallest absolute Gasteiger partial charge is 0.427 e. The summed E-state index contributed by atoms with van der Waals surface area (Å²) in [5.74, 6) is -2.91. The first kappa shape index (κ1) is 41.0. The molecule has 2 N–H and O–H groups in total. The maximum atomic E-state index is 13.6. The Morgan fingerprint density at radius 1 is 0.815 bits per heavy atom. The van der Waals surface area contributed by atoms with Crippen LogP contribution in [0.2, 0.25) is 5.02 Å². The molecule has 0 aliphatic carbocycles. The fourth-order valence-electron chi connectivity index (χ4n) is 6.93. The summed E-state index contributed by atoms with van der Waals surface area (Å²) in [5, 5.41) is 11.5. The number of aromatic nitrogens is 1. The summed E-state index contributed by atoms with van der Waals surface area (Å²) in [4.78, 5) is 28.1. The number of unbranched alkanes of at least 4 members (excludes halogenated alkanes) is 15. The van der Waals surface area contributed by atoms with Gasteiger partial charge in [0, 0.05) is 12.2 Å². The van der Waals surface area contributed by atoms with Crippen LogP contribution in [0.25, 0.3) is 5.69 Å². The van der Waals surface area contributed by atoms with Crippen molar-refractivity contribution in [3.05, 3.63) is 93.6 Å². The van der Waals surface area contributed by atoms with Gasteiger partial charge in [0.15, 0.2) is 0 Å². The molecule has 0 bridgehead atoms. The van der Waals surface area contributed by atoms with Crippen molar-refractivity contribution in [3.8, 4) is 17.3 Å². The third-order valence-corrected chi connectivity index (χ3v) is 11.7. The number of nitrogens with zero attached hydrogens (tertiary/aromatic N) is 2. The summed E-state index contributed by atoms with van der Waals surface area (Å²) in [6, 6.07) is 17.8. The van der Waals surface area contributed by atoms with Crippen LogP contribution >= 0.6 is 11.6 Å². The molecule has 5 rings (SSSR count). The standard InChI is InChI=1S/C42H54ClN3O7S/c1-2-3-4-5-6-7-8-9-10-11-12-13-14-15-16-21-30-52-38-27-26-33(54(50,51)44-35-24-19-18-23-34(35)43)31-37(38)46-41(48)39(53-42(46)49)40(47)45-29-28-32-22-17-20-25-36(32)45/h17-20,22-27,31,44,48H,2-16,21,28-30H2,1H3. The number of fused-ring (bicyclic) bond motifs is 1. The summed E-state index contributed by atoms with van der Waals surface area (Å²) in [6.07, 6.45) is 20.5. The van der Waals surface area contributed by atoms with Gasteiger partial charge in [-0.2, -0.15) is 0 Å². The normalized spacial score (nSPS) is 12.6. The first-order valence-corrected chi connectivity index (χ1v) is 21.5. The Labute approximate surface area is 324 Å². The molecule has 12 heteroatoms. The molecular weight excluding hydrogens is 726 g/mol. The zero-order chi connectivity index (χ0) is 38.3. The molecule has 1 amide bonds. The van der Waals surface area contributed by atoms with Crippen LogP contribution in [0.5, 0.6) is 11.6 Å². The maximum absolute atomic E-state index is 13.6. The van der Waals surface area contributed by atoms with Gasteiger partial charge in [0.25, 0.3) is 27.6 Å². The van der Waals surface area contributed by atoms with Gasteiger partial charge in [0.1, 0.15) is 5.75 Å². The molecule has 0 radical (unpaired) electrons. The Kier molecular flexibility index (Phi) is 15.5. The van der Waals surface area contributed by atoms with Crippen LogP contribution in [0.4, 0.5) is 11.4 Å². The van der Waals surface area contributed by atoms with Gasteiger partial charge in [-0.25, -0.2) is 17.8 Å². The molecule has 2 heterocycles. The van der Waals surface area contributed by atoms with Crippen LogP contribution in [0.1, 0.15) is 126 Å². The molecule has 1 aliphatic heterocycles. The average Bonchev–Trinajstić information content (AvgIpc) is 3.73. The van der Waals surface area contributed by atoms with Crippen molar-refractivity contribution in [2.45, 2.75) is 121 Å². The van der Waals surface area contributed by atoms with E-state index in [1.807, 2.05) is 12.1 Å². The van der Waals surface area contributed by atoms with Crippen molar-refractivity contribution >= 4 is 38.9 Å². The molecule has 4 aromatic rings. The number of anilines is 2. The Morgan fingerprint density at radius 3 is 2.06 bits per heavy atom. The van der Waals surface area contributed by atoms with E-state index in [9.17, 15) is 23.1 Å². The number of aromatic hydroxyl groups is 1. The Morgan fingerprint density at radius 2 is 1.41 bits per heavy atom. The number of benzene rings is 3. The van der Waals surface area contributed by atoms with Gasteiger partial charge in [-0.3, -0.25) is 9.52 Å². The number of sulfonamides is 1. The van der Waals surface area contributed by atoms with Crippen LogP contribution < -0.4 is 20.1 Å². The largest absolute Gasteiger partial charge is 0.491 e. The van der Waals surface area contributed by atoms with Crippen molar-refractivity contribution in [1.82, 2.24) is 4.57 Å². The molecule has 1 aliphatic rings. The quantitative estimate of drug-likeness (QED) is 0.0717. The van der Waals surface area contributed by atoms with Crippen LogP contribution in [0.15, 0.2) is 80.8 Å². The number of carbonyl (C=O) groups is 1. The zero-order valence-corrected chi connectivity index (χ0v) is 32.9. The summed E-state index contributed by atoms with van der Waals surface area (Å²) in [5.41, 5.74) is 1.71.